The zero-order chi connectivity index (χ0) is 37.0. The lowest BCUT2D eigenvalue weighted by Gasteiger charge is -2.20. The summed E-state index contributed by atoms with van der Waals surface area (Å²) in [6.45, 7) is 10.9. The van der Waals surface area contributed by atoms with E-state index in [-0.39, 0.29) is 0 Å². The second-order valence-electron chi connectivity index (χ2n) is 13.5. The summed E-state index contributed by atoms with van der Waals surface area (Å²) in [5.41, 5.74) is 10.8. The van der Waals surface area contributed by atoms with Crippen LogP contribution in [0.1, 0.15) is 11.1 Å². The van der Waals surface area contributed by atoms with Crippen LogP contribution in [0.15, 0.2) is 152 Å². The van der Waals surface area contributed by atoms with Crippen LogP contribution in [0.2, 0.25) is 0 Å². The third-order valence-corrected chi connectivity index (χ3v) is 10.2. The maximum atomic E-state index is 10.0. The summed E-state index contributed by atoms with van der Waals surface area (Å²) in [4.78, 5) is 22.5. The number of nitriles is 1. The van der Waals surface area contributed by atoms with Gasteiger partial charge in [-0.15, -0.1) is 0 Å². The van der Waals surface area contributed by atoms with Crippen molar-refractivity contribution in [1.29, 1.82) is 5.26 Å². The number of rotatable bonds is 5. The molecule has 0 aliphatic heterocycles. The quantitative estimate of drug-likeness (QED) is 0.166. The van der Waals surface area contributed by atoms with Crippen molar-refractivity contribution in [1.82, 2.24) is 29.1 Å². The Morgan fingerprint density at radius 1 is 0.545 bits per heavy atom. The largest absolute Gasteiger partial charge is 0.319 e. The number of fused-ring (bicyclic) bond motifs is 6. The average molecular weight is 705 g/mol. The van der Waals surface area contributed by atoms with E-state index in [2.05, 4.69) is 101 Å². The average Bonchev–Trinajstić information content (AvgIpc) is 3.75. The summed E-state index contributed by atoms with van der Waals surface area (Å²) < 4.78 is 4.40. The molecule has 0 aliphatic rings. The molecule has 6 aromatic carbocycles. The van der Waals surface area contributed by atoms with Crippen molar-refractivity contribution in [2.75, 3.05) is 0 Å². The minimum absolute atomic E-state index is 0.480. The third-order valence-electron chi connectivity index (χ3n) is 10.2. The van der Waals surface area contributed by atoms with Gasteiger partial charge >= 0.3 is 0 Å². The molecule has 4 aromatic heterocycles. The Hall–Kier alpha value is -7.94. The zero-order valence-corrected chi connectivity index (χ0v) is 29.5. The lowest BCUT2D eigenvalue weighted by atomic mass is 9.97. The molecule has 0 saturated heterocycles. The Morgan fingerprint density at radius 3 is 1.67 bits per heavy atom. The van der Waals surface area contributed by atoms with E-state index in [1.54, 1.807) is 24.8 Å². The standard InChI is InChI=1S/C47H28N8/c1-29-23-30(28-48)25-33(24-29)34-15-18-43(54-39-11-5-3-9-35(39)37-26-31(13-16-41(37)54)46-50-19-7-20-51-46)44(49-2)45(34)55-40-12-6-4-10-36(40)38-27-32(14-17-42(38)55)47-52-21-8-22-53-47/h3-27H,1H3. The van der Waals surface area contributed by atoms with Gasteiger partial charge in [0.2, 0.25) is 5.69 Å². The molecule has 0 spiro atoms. The van der Waals surface area contributed by atoms with Gasteiger partial charge in [-0.3, -0.25) is 0 Å². The summed E-state index contributed by atoms with van der Waals surface area (Å²) in [5, 5.41) is 14.2. The van der Waals surface area contributed by atoms with Gasteiger partial charge in [0.05, 0.1) is 51.6 Å². The summed E-state index contributed by atoms with van der Waals surface area (Å²) in [6.07, 6.45) is 7.00. The smallest absolute Gasteiger partial charge is 0.234 e. The molecule has 0 bridgehead atoms. The van der Waals surface area contributed by atoms with Gasteiger partial charge in [-0.2, -0.15) is 5.26 Å². The van der Waals surface area contributed by atoms with Gasteiger partial charge in [0.25, 0.3) is 0 Å². The molecule has 8 heteroatoms. The van der Waals surface area contributed by atoms with E-state index in [9.17, 15) is 5.26 Å². The molecule has 0 aliphatic carbocycles. The van der Waals surface area contributed by atoms with Crippen molar-refractivity contribution in [3.8, 4) is 51.3 Å². The first-order chi connectivity index (χ1) is 27.1. The van der Waals surface area contributed by atoms with Crippen molar-refractivity contribution in [2.24, 2.45) is 0 Å². The summed E-state index contributed by atoms with van der Waals surface area (Å²) in [7, 11) is 0. The van der Waals surface area contributed by atoms with Crippen molar-refractivity contribution >= 4 is 49.3 Å². The van der Waals surface area contributed by atoms with E-state index in [0.717, 1.165) is 82.8 Å². The molecule has 10 rings (SSSR count). The Bertz CT molecular complexity index is 3240. The molecule has 0 atom stereocenters. The molecule has 0 fully saturated rings. The van der Waals surface area contributed by atoms with Crippen LogP contribution in [-0.2, 0) is 0 Å². The first-order valence-corrected chi connectivity index (χ1v) is 17.8. The molecule has 0 unspecified atom stereocenters. The Kier molecular flexibility index (Phi) is 7.29. The number of aryl methyl sites for hydroxylation is 1. The van der Waals surface area contributed by atoms with Gasteiger partial charge in [0.1, 0.15) is 0 Å². The highest BCUT2D eigenvalue weighted by molar-refractivity contribution is 6.13. The van der Waals surface area contributed by atoms with Gasteiger partial charge in [-0.25, -0.2) is 24.8 Å². The summed E-state index contributed by atoms with van der Waals surface area (Å²) in [5.74, 6) is 1.29. The fraction of sp³-hybridized carbons (Fsp3) is 0.0213. The van der Waals surface area contributed by atoms with Crippen LogP contribution in [0, 0.1) is 24.8 Å². The van der Waals surface area contributed by atoms with Gasteiger partial charge in [-0.1, -0.05) is 48.5 Å². The predicted octanol–water partition coefficient (Wildman–Crippen LogP) is 11.2. The highest BCUT2D eigenvalue weighted by atomic mass is 15.1. The lowest BCUT2D eigenvalue weighted by molar-refractivity contribution is 1.14. The minimum atomic E-state index is 0.480. The maximum Gasteiger partial charge on any atom is 0.234 e. The topological polar surface area (TPSA) is 89.6 Å². The highest BCUT2D eigenvalue weighted by Crippen LogP contribution is 2.46. The molecular weight excluding hydrogens is 677 g/mol. The van der Waals surface area contributed by atoms with E-state index < -0.39 is 0 Å². The van der Waals surface area contributed by atoms with E-state index >= 15 is 0 Å². The molecule has 0 radical (unpaired) electrons. The number of aromatic nitrogens is 6. The minimum Gasteiger partial charge on any atom is -0.319 e. The summed E-state index contributed by atoms with van der Waals surface area (Å²) in [6, 6.07) is 45.1. The SMILES string of the molecule is [C-]#[N+]c1c(-n2c3ccccc3c3cc(-c4ncccn4)ccc32)ccc(-c2cc(C)cc(C#N)c2)c1-n1c2ccccc2c2cc(-c3ncccn3)ccc21. The first-order valence-electron chi connectivity index (χ1n) is 17.8. The van der Waals surface area contributed by atoms with Crippen LogP contribution in [-0.4, -0.2) is 29.1 Å². The molecule has 55 heavy (non-hydrogen) atoms. The van der Waals surface area contributed by atoms with E-state index in [1.807, 2.05) is 73.7 Å². The molecule has 10 aromatic rings. The highest BCUT2D eigenvalue weighted by Gasteiger charge is 2.25. The van der Waals surface area contributed by atoms with Crippen molar-refractivity contribution < 1.29 is 0 Å². The fourth-order valence-electron chi connectivity index (χ4n) is 7.94. The second-order valence-corrected chi connectivity index (χ2v) is 13.5. The van der Waals surface area contributed by atoms with Crippen molar-refractivity contribution in [3.05, 3.63) is 175 Å². The van der Waals surface area contributed by atoms with Crippen LogP contribution < -0.4 is 0 Å². The van der Waals surface area contributed by atoms with Crippen LogP contribution in [0.5, 0.6) is 0 Å². The normalized spacial score (nSPS) is 11.3. The van der Waals surface area contributed by atoms with E-state index in [0.29, 0.717) is 22.9 Å². The number of nitrogens with zero attached hydrogens (tertiary/aromatic N) is 8. The van der Waals surface area contributed by atoms with Crippen molar-refractivity contribution in [3.63, 3.8) is 0 Å². The Balaban J connectivity index is 1.32. The number of benzene rings is 6. The molecule has 4 heterocycles. The number of hydrogen-bond donors (Lipinski definition) is 0. The first kappa shape index (κ1) is 31.8. The molecule has 0 N–H and O–H groups in total. The second kappa shape index (κ2) is 12.6. The van der Waals surface area contributed by atoms with E-state index in [4.69, 9.17) is 6.57 Å². The van der Waals surface area contributed by atoms with Gasteiger partial charge in [0.15, 0.2) is 11.6 Å². The van der Waals surface area contributed by atoms with Crippen LogP contribution in [0.4, 0.5) is 5.69 Å². The molecule has 0 saturated carbocycles. The Labute approximate surface area is 315 Å². The Morgan fingerprint density at radius 2 is 1.09 bits per heavy atom. The number of hydrogen-bond acceptors (Lipinski definition) is 5. The monoisotopic (exact) mass is 704 g/mol. The molecule has 8 nitrogen and oxygen atoms in total. The number of para-hydroxylation sites is 2. The maximum absolute atomic E-state index is 10.0. The zero-order valence-electron chi connectivity index (χ0n) is 29.5. The van der Waals surface area contributed by atoms with Gasteiger partial charge in [0, 0.05) is 57.5 Å². The lowest BCUT2D eigenvalue weighted by Crippen LogP contribution is -2.03. The summed E-state index contributed by atoms with van der Waals surface area (Å²) >= 11 is 0. The van der Waals surface area contributed by atoms with Crippen LogP contribution in [0.25, 0.3) is 93.7 Å². The predicted molar refractivity (Wildman–Crippen MR) is 218 cm³/mol. The fourth-order valence-corrected chi connectivity index (χ4v) is 7.94. The third kappa shape index (κ3) is 5.05. The van der Waals surface area contributed by atoms with Gasteiger partial charge in [-0.05, 0) is 102 Å². The van der Waals surface area contributed by atoms with Crippen LogP contribution >= 0.6 is 0 Å². The van der Waals surface area contributed by atoms with Crippen LogP contribution in [0.3, 0.4) is 0 Å². The molecule has 256 valence electrons. The molecule has 0 amide bonds. The molecular formula is C47H28N8. The van der Waals surface area contributed by atoms with E-state index in [1.165, 1.54) is 0 Å². The van der Waals surface area contributed by atoms with Gasteiger partial charge < -0.3 is 9.13 Å². The van der Waals surface area contributed by atoms with Crippen molar-refractivity contribution in [2.45, 2.75) is 6.92 Å².